The first-order valence-electron chi connectivity index (χ1n) is 6.18. The van der Waals surface area contributed by atoms with Crippen molar-refractivity contribution in [3.05, 3.63) is 22.1 Å². The first-order valence-corrected chi connectivity index (χ1v) is 6.18. The molecule has 0 saturated carbocycles. The quantitative estimate of drug-likeness (QED) is 0.366. The van der Waals surface area contributed by atoms with E-state index < -0.39 is 11.0 Å². The Kier molecular flexibility index (Phi) is 7.01. The molecule has 0 aromatic rings. The molecule has 0 bridgehead atoms. The molecule has 8 heteroatoms. The molecular formula is C11H20N4O4. The van der Waals surface area contributed by atoms with Crippen molar-refractivity contribution in [3.8, 4) is 0 Å². The summed E-state index contributed by atoms with van der Waals surface area (Å²) in [7, 11) is 0. The number of aliphatic hydroxyl groups excluding tert-OH is 1. The predicted octanol–water partition coefficient (Wildman–Crippen LogP) is -0.565. The summed E-state index contributed by atoms with van der Waals surface area (Å²) in [5, 5.41) is 23.1. The van der Waals surface area contributed by atoms with Crippen molar-refractivity contribution in [2.24, 2.45) is 4.99 Å². The molecule has 0 amide bonds. The Morgan fingerprint density at radius 1 is 1.63 bits per heavy atom. The number of hydrogen-bond acceptors (Lipinski definition) is 7. The van der Waals surface area contributed by atoms with Gasteiger partial charge >= 0.3 is 5.82 Å². The van der Waals surface area contributed by atoms with Gasteiger partial charge in [-0.25, -0.2) is 0 Å². The highest BCUT2D eigenvalue weighted by Crippen LogP contribution is 1.99. The second-order valence-corrected chi connectivity index (χ2v) is 4.12. The number of aliphatic imine (C=N–C) groups is 1. The molecular weight excluding hydrogens is 252 g/mol. The summed E-state index contributed by atoms with van der Waals surface area (Å²) in [5.74, 6) is -0.277. The van der Waals surface area contributed by atoms with Gasteiger partial charge in [0.05, 0.1) is 25.5 Å². The highest BCUT2D eigenvalue weighted by atomic mass is 16.6. The van der Waals surface area contributed by atoms with Crippen LogP contribution < -0.4 is 5.32 Å². The van der Waals surface area contributed by atoms with Gasteiger partial charge in [0.1, 0.15) is 6.21 Å². The molecule has 0 spiro atoms. The lowest BCUT2D eigenvalue weighted by atomic mass is 10.3. The van der Waals surface area contributed by atoms with Crippen molar-refractivity contribution < 1.29 is 14.8 Å². The van der Waals surface area contributed by atoms with Gasteiger partial charge in [-0.05, 0) is 16.8 Å². The van der Waals surface area contributed by atoms with Gasteiger partial charge in [-0.3, -0.25) is 4.90 Å². The predicted molar refractivity (Wildman–Crippen MR) is 70.5 cm³/mol. The lowest BCUT2D eigenvalue weighted by Gasteiger charge is -2.28. The zero-order valence-electron chi connectivity index (χ0n) is 11.0. The lowest BCUT2D eigenvalue weighted by molar-refractivity contribution is -0.426. The van der Waals surface area contributed by atoms with Crippen LogP contribution in [0.3, 0.4) is 0 Å². The van der Waals surface area contributed by atoms with E-state index in [0.29, 0.717) is 19.8 Å². The van der Waals surface area contributed by atoms with Crippen LogP contribution in [-0.4, -0.2) is 66.6 Å². The van der Waals surface area contributed by atoms with Gasteiger partial charge in [-0.1, -0.05) is 0 Å². The number of morpholine rings is 1. The summed E-state index contributed by atoms with van der Waals surface area (Å²) in [6.07, 6.45) is 1.95. The summed E-state index contributed by atoms with van der Waals surface area (Å²) in [6.45, 7) is 5.32. The van der Waals surface area contributed by atoms with Gasteiger partial charge in [-0.2, -0.15) is 0 Å². The maximum absolute atomic E-state index is 10.6. The van der Waals surface area contributed by atoms with Crippen LogP contribution in [0.25, 0.3) is 0 Å². The van der Waals surface area contributed by atoms with Gasteiger partial charge in [-0.15, -0.1) is 0 Å². The van der Waals surface area contributed by atoms with Crippen LogP contribution >= 0.6 is 0 Å². The minimum absolute atomic E-state index is 0.244. The van der Waals surface area contributed by atoms with Gasteiger partial charge in [0.2, 0.25) is 0 Å². The van der Waals surface area contributed by atoms with E-state index in [1.165, 1.54) is 12.4 Å². The molecule has 0 radical (unpaired) electrons. The third-order valence-corrected chi connectivity index (χ3v) is 2.61. The van der Waals surface area contributed by atoms with E-state index in [-0.39, 0.29) is 12.4 Å². The second-order valence-electron chi connectivity index (χ2n) is 4.12. The molecule has 1 aliphatic rings. The van der Waals surface area contributed by atoms with Crippen molar-refractivity contribution in [1.82, 2.24) is 10.2 Å². The topological polar surface area (TPSA) is 100 Å². The number of rotatable bonds is 7. The summed E-state index contributed by atoms with van der Waals surface area (Å²) in [4.78, 5) is 15.7. The number of aliphatic hydroxyl groups is 1. The van der Waals surface area contributed by atoms with Crippen LogP contribution in [0.5, 0.6) is 0 Å². The average Bonchev–Trinajstić information content (AvgIpc) is 2.38. The van der Waals surface area contributed by atoms with Crippen molar-refractivity contribution >= 4 is 6.21 Å². The Labute approximate surface area is 111 Å². The van der Waals surface area contributed by atoms with Crippen LogP contribution in [0.4, 0.5) is 0 Å². The van der Waals surface area contributed by atoms with Crippen molar-refractivity contribution in [2.75, 3.05) is 39.4 Å². The maximum Gasteiger partial charge on any atom is 0.378 e. The van der Waals surface area contributed by atoms with Crippen LogP contribution in [0.1, 0.15) is 6.92 Å². The van der Waals surface area contributed by atoms with Crippen LogP contribution in [0.15, 0.2) is 17.0 Å². The Hall–Kier alpha value is -1.51. The molecule has 1 atom stereocenters. The van der Waals surface area contributed by atoms with E-state index in [0.717, 1.165) is 13.1 Å². The summed E-state index contributed by atoms with van der Waals surface area (Å²) >= 11 is 0. The first kappa shape index (κ1) is 15.5. The molecule has 1 unspecified atom stereocenters. The highest BCUT2D eigenvalue weighted by molar-refractivity contribution is 5.54. The van der Waals surface area contributed by atoms with E-state index >= 15 is 0 Å². The molecule has 0 aromatic heterocycles. The molecule has 8 nitrogen and oxygen atoms in total. The Morgan fingerprint density at radius 2 is 2.32 bits per heavy atom. The van der Waals surface area contributed by atoms with Crippen LogP contribution in [0, 0.1) is 10.1 Å². The van der Waals surface area contributed by atoms with E-state index in [2.05, 4.69) is 15.2 Å². The first-order chi connectivity index (χ1) is 9.13. The number of β-amino-alcohol motifs (C(OH)–C–C–N with tert-alkyl or cyclic N) is 1. The van der Waals surface area contributed by atoms with Gasteiger partial charge in [0, 0.05) is 26.2 Å². The average molecular weight is 272 g/mol. The largest absolute Gasteiger partial charge is 0.390 e. The third kappa shape index (κ3) is 6.27. The summed E-state index contributed by atoms with van der Waals surface area (Å²) in [6, 6.07) is 0. The SMILES string of the molecule is CC=N/C(=C\NCC(O)CN1CCOCC1)[N+](=O)[O-]. The Bertz CT molecular complexity index is 340. The normalized spacial score (nSPS) is 19.6. The molecule has 0 aliphatic carbocycles. The van der Waals surface area contributed by atoms with Crippen LogP contribution in [-0.2, 0) is 4.74 Å². The minimum Gasteiger partial charge on any atom is -0.390 e. The second kappa shape index (κ2) is 8.57. The standard InChI is InChI=1S/C11H20N4O4/c1-2-13-11(15(17)18)8-12-7-10(16)9-14-3-5-19-6-4-14/h2,8,10,12,16H,3-7,9H2,1H3/b11-8+,13-2?. The lowest BCUT2D eigenvalue weighted by Crippen LogP contribution is -2.43. The third-order valence-electron chi connectivity index (χ3n) is 2.61. The number of nitrogens with one attached hydrogen (secondary N) is 1. The van der Waals surface area contributed by atoms with Gasteiger partial charge in [0.25, 0.3) is 0 Å². The monoisotopic (exact) mass is 272 g/mol. The van der Waals surface area contributed by atoms with Crippen molar-refractivity contribution in [3.63, 3.8) is 0 Å². The molecule has 108 valence electrons. The number of hydrogen-bond donors (Lipinski definition) is 2. The van der Waals surface area contributed by atoms with E-state index in [4.69, 9.17) is 4.74 Å². The zero-order chi connectivity index (χ0) is 14.1. The van der Waals surface area contributed by atoms with E-state index in [1.807, 2.05) is 0 Å². The van der Waals surface area contributed by atoms with Crippen molar-refractivity contribution in [1.29, 1.82) is 0 Å². The fraction of sp³-hybridized carbons (Fsp3) is 0.727. The van der Waals surface area contributed by atoms with Crippen molar-refractivity contribution in [2.45, 2.75) is 13.0 Å². The fourth-order valence-electron chi connectivity index (χ4n) is 1.70. The number of nitrogens with zero attached hydrogens (tertiary/aromatic N) is 3. The molecule has 1 fully saturated rings. The number of ether oxygens (including phenoxy) is 1. The summed E-state index contributed by atoms with van der Waals surface area (Å²) < 4.78 is 5.21. The summed E-state index contributed by atoms with van der Waals surface area (Å²) in [5.41, 5.74) is 0. The molecule has 19 heavy (non-hydrogen) atoms. The molecule has 2 N–H and O–H groups in total. The van der Waals surface area contributed by atoms with E-state index in [1.54, 1.807) is 6.92 Å². The fourth-order valence-corrected chi connectivity index (χ4v) is 1.70. The molecule has 1 heterocycles. The van der Waals surface area contributed by atoms with Gasteiger partial charge < -0.3 is 25.3 Å². The Morgan fingerprint density at radius 3 is 2.89 bits per heavy atom. The Balaban J connectivity index is 2.30. The molecule has 1 saturated heterocycles. The minimum atomic E-state index is -0.590. The smallest absolute Gasteiger partial charge is 0.378 e. The molecule has 1 aliphatic heterocycles. The highest BCUT2D eigenvalue weighted by Gasteiger charge is 2.14. The number of nitro groups is 1. The molecule has 0 aromatic carbocycles. The molecule has 1 rings (SSSR count). The van der Waals surface area contributed by atoms with E-state index in [9.17, 15) is 15.2 Å². The zero-order valence-corrected chi connectivity index (χ0v) is 11.0. The van der Waals surface area contributed by atoms with Crippen LogP contribution in [0.2, 0.25) is 0 Å². The van der Waals surface area contributed by atoms with Gasteiger partial charge in [0.15, 0.2) is 0 Å². The maximum atomic E-state index is 10.6.